The van der Waals surface area contributed by atoms with E-state index in [2.05, 4.69) is 27.2 Å². The van der Waals surface area contributed by atoms with Gasteiger partial charge in [-0.05, 0) is 62.6 Å². The molecule has 0 bridgehead atoms. The molecule has 0 fully saturated rings. The Morgan fingerprint density at radius 1 is 1.06 bits per heavy atom. The van der Waals surface area contributed by atoms with E-state index in [4.69, 9.17) is 11.6 Å². The number of aryl methyl sites for hydroxylation is 2. The maximum atomic E-state index is 14.6. The summed E-state index contributed by atoms with van der Waals surface area (Å²) in [6, 6.07) is 10.6. The third-order valence-corrected chi connectivity index (χ3v) is 6.55. The molecule has 5 nitrogen and oxygen atoms in total. The fraction of sp³-hybridized carbons (Fsp3) is 0.321. The Bertz CT molecular complexity index is 1350. The number of anilines is 1. The smallest absolute Gasteiger partial charge is 0.128 e. The topological polar surface area (TPSA) is 70.9 Å². The summed E-state index contributed by atoms with van der Waals surface area (Å²) in [5.41, 5.74) is 4.01. The second kappa shape index (κ2) is 10.3. The maximum absolute atomic E-state index is 14.6. The number of unbranched alkanes of at least 4 members (excludes halogenated alkanes) is 1. The molecular weight excluding hydrogens is 463 g/mol. The average molecular weight is 493 g/mol. The minimum Gasteiger partial charge on any atom is -0.386 e. The van der Waals surface area contributed by atoms with Crippen LogP contribution in [0.1, 0.15) is 56.3 Å². The molecule has 0 aliphatic heterocycles. The van der Waals surface area contributed by atoms with E-state index in [-0.39, 0.29) is 12.4 Å². The van der Waals surface area contributed by atoms with Gasteiger partial charge in [-0.3, -0.25) is 4.98 Å². The number of benzene rings is 2. The molecule has 182 valence electrons. The van der Waals surface area contributed by atoms with Crippen molar-refractivity contribution in [2.45, 2.75) is 59.1 Å². The van der Waals surface area contributed by atoms with E-state index in [1.165, 1.54) is 6.07 Å². The van der Waals surface area contributed by atoms with Crippen molar-refractivity contribution in [3.63, 3.8) is 0 Å². The quantitative estimate of drug-likeness (QED) is 0.278. The highest BCUT2D eigenvalue weighted by molar-refractivity contribution is 6.35. The lowest BCUT2D eigenvalue weighted by Gasteiger charge is -2.20. The van der Waals surface area contributed by atoms with Gasteiger partial charge >= 0.3 is 0 Å². The van der Waals surface area contributed by atoms with Crippen LogP contribution in [-0.2, 0) is 18.6 Å². The third kappa shape index (κ3) is 5.60. The molecule has 0 aliphatic rings. The van der Waals surface area contributed by atoms with Crippen LogP contribution in [0.5, 0.6) is 0 Å². The van der Waals surface area contributed by atoms with Crippen LogP contribution in [0.3, 0.4) is 0 Å². The lowest BCUT2D eigenvalue weighted by molar-refractivity contribution is 0.0784. The minimum atomic E-state index is -1.07. The Balaban J connectivity index is 1.69. The molecule has 4 aromatic rings. The van der Waals surface area contributed by atoms with Crippen molar-refractivity contribution >= 4 is 28.2 Å². The zero-order valence-electron chi connectivity index (χ0n) is 20.5. The number of aliphatic hydroxyl groups is 1. The Labute approximate surface area is 210 Å². The van der Waals surface area contributed by atoms with Crippen LogP contribution in [0.2, 0.25) is 5.02 Å². The first-order chi connectivity index (χ1) is 16.7. The van der Waals surface area contributed by atoms with E-state index >= 15 is 0 Å². The van der Waals surface area contributed by atoms with Crippen molar-refractivity contribution in [2.75, 3.05) is 5.32 Å². The third-order valence-electron chi connectivity index (χ3n) is 6.09. The predicted molar refractivity (Wildman–Crippen MR) is 140 cm³/mol. The first-order valence-electron chi connectivity index (χ1n) is 11.8. The summed E-state index contributed by atoms with van der Waals surface area (Å²) in [6.07, 6.45) is 6.71. The molecule has 7 heteroatoms. The highest BCUT2D eigenvalue weighted by Crippen LogP contribution is 2.35. The summed E-state index contributed by atoms with van der Waals surface area (Å²) in [7, 11) is 0. The molecule has 2 aromatic carbocycles. The molecular formula is C28H30ClFN4O. The molecule has 35 heavy (non-hydrogen) atoms. The highest BCUT2D eigenvalue weighted by Gasteiger charge is 2.18. The lowest BCUT2D eigenvalue weighted by Crippen LogP contribution is -2.16. The number of halogens is 2. The number of aromatic nitrogens is 3. The van der Waals surface area contributed by atoms with Crippen molar-refractivity contribution in [1.29, 1.82) is 0 Å². The van der Waals surface area contributed by atoms with Gasteiger partial charge in [-0.25, -0.2) is 14.4 Å². The van der Waals surface area contributed by atoms with Gasteiger partial charge < -0.3 is 10.4 Å². The summed E-state index contributed by atoms with van der Waals surface area (Å²) >= 11 is 6.67. The zero-order valence-corrected chi connectivity index (χ0v) is 21.2. The fourth-order valence-electron chi connectivity index (χ4n) is 3.96. The van der Waals surface area contributed by atoms with E-state index in [9.17, 15) is 9.50 Å². The molecule has 0 spiro atoms. The van der Waals surface area contributed by atoms with Crippen molar-refractivity contribution < 1.29 is 9.50 Å². The lowest BCUT2D eigenvalue weighted by atomic mass is 9.96. The molecule has 0 unspecified atom stereocenters. The molecule has 2 heterocycles. The summed E-state index contributed by atoms with van der Waals surface area (Å²) in [5, 5.41) is 15.0. The van der Waals surface area contributed by atoms with E-state index < -0.39 is 5.60 Å². The number of hydrogen-bond acceptors (Lipinski definition) is 5. The van der Waals surface area contributed by atoms with Gasteiger partial charge in [0.05, 0.1) is 27.5 Å². The number of hydrogen-bond donors (Lipinski definition) is 2. The van der Waals surface area contributed by atoms with Crippen molar-refractivity contribution in [3.8, 4) is 11.1 Å². The summed E-state index contributed by atoms with van der Waals surface area (Å²) in [5.74, 6) is 0.493. The molecule has 0 amide bonds. The van der Waals surface area contributed by atoms with Crippen LogP contribution in [0.15, 0.2) is 48.8 Å². The van der Waals surface area contributed by atoms with Crippen LogP contribution >= 0.6 is 11.6 Å². The monoisotopic (exact) mass is 492 g/mol. The first-order valence-corrected chi connectivity index (χ1v) is 12.2. The van der Waals surface area contributed by atoms with Gasteiger partial charge in [-0.15, -0.1) is 0 Å². The van der Waals surface area contributed by atoms with Crippen LogP contribution < -0.4 is 5.32 Å². The van der Waals surface area contributed by atoms with Crippen LogP contribution in [0.25, 0.3) is 22.0 Å². The van der Waals surface area contributed by atoms with E-state index in [1.54, 1.807) is 26.0 Å². The fourth-order valence-corrected chi connectivity index (χ4v) is 4.17. The number of fused-ring (bicyclic) bond motifs is 1. The van der Waals surface area contributed by atoms with E-state index in [1.807, 2.05) is 37.5 Å². The maximum Gasteiger partial charge on any atom is 0.128 e. The number of nitrogens with zero attached hydrogens (tertiary/aromatic N) is 3. The molecule has 2 N–H and O–H groups in total. The van der Waals surface area contributed by atoms with Crippen molar-refractivity contribution in [2.24, 2.45) is 0 Å². The second-order valence-corrected chi connectivity index (χ2v) is 9.71. The molecule has 0 saturated heterocycles. The van der Waals surface area contributed by atoms with E-state index in [0.29, 0.717) is 27.5 Å². The predicted octanol–water partition coefficient (Wildman–Crippen LogP) is 6.97. The normalized spacial score (nSPS) is 11.7. The average Bonchev–Trinajstić information content (AvgIpc) is 2.83. The van der Waals surface area contributed by atoms with Gasteiger partial charge in [0.15, 0.2) is 0 Å². The second-order valence-electron chi connectivity index (χ2n) is 9.33. The van der Waals surface area contributed by atoms with Crippen LogP contribution in [0.4, 0.5) is 10.1 Å². The van der Waals surface area contributed by atoms with Crippen LogP contribution in [-0.4, -0.2) is 20.1 Å². The Morgan fingerprint density at radius 2 is 1.80 bits per heavy atom. The zero-order chi connectivity index (χ0) is 25.2. The van der Waals surface area contributed by atoms with Crippen molar-refractivity contribution in [1.82, 2.24) is 15.0 Å². The van der Waals surface area contributed by atoms with Crippen molar-refractivity contribution in [3.05, 3.63) is 82.3 Å². The summed E-state index contributed by atoms with van der Waals surface area (Å²) in [6.45, 7) is 7.55. The van der Waals surface area contributed by atoms with E-state index in [0.717, 1.165) is 47.1 Å². The summed E-state index contributed by atoms with van der Waals surface area (Å²) in [4.78, 5) is 13.6. The number of rotatable bonds is 8. The van der Waals surface area contributed by atoms with Gasteiger partial charge in [0, 0.05) is 41.9 Å². The molecule has 0 saturated carbocycles. The van der Waals surface area contributed by atoms with Gasteiger partial charge in [-0.1, -0.05) is 37.1 Å². The van der Waals surface area contributed by atoms with Gasteiger partial charge in [-0.2, -0.15) is 0 Å². The minimum absolute atomic E-state index is 0.202. The number of pyridine rings is 1. The standard InChI is InChI=1S/C28H30ClFN4O/c1-5-6-7-25-31-15-20(16-32-25)18-8-11-24-22(13-18)27(26(29)17(2)34-24)33-14-19-12-21(28(3,4)35)9-10-23(19)30/h8-13,15-16,35H,5-7,14H2,1-4H3,(H,33,34). The summed E-state index contributed by atoms with van der Waals surface area (Å²) < 4.78 is 14.6. The highest BCUT2D eigenvalue weighted by atomic mass is 35.5. The largest absolute Gasteiger partial charge is 0.386 e. The molecule has 0 radical (unpaired) electrons. The molecule has 2 aromatic heterocycles. The Hall–Kier alpha value is -3.09. The van der Waals surface area contributed by atoms with Gasteiger partial charge in [0.25, 0.3) is 0 Å². The van der Waals surface area contributed by atoms with Gasteiger partial charge in [0.1, 0.15) is 11.6 Å². The number of nitrogens with one attached hydrogen (secondary N) is 1. The van der Waals surface area contributed by atoms with Crippen LogP contribution in [0, 0.1) is 12.7 Å². The molecule has 4 rings (SSSR count). The Kier molecular flexibility index (Phi) is 7.33. The first kappa shape index (κ1) is 25.0. The van der Waals surface area contributed by atoms with Gasteiger partial charge in [0.2, 0.25) is 0 Å². The molecule has 0 aliphatic carbocycles. The Morgan fingerprint density at radius 3 is 2.49 bits per heavy atom. The molecule has 0 atom stereocenters. The SMILES string of the molecule is CCCCc1ncc(-c2ccc3nc(C)c(Cl)c(NCc4cc(C(C)(C)O)ccc4F)c3c2)cn1.